The van der Waals surface area contributed by atoms with E-state index in [2.05, 4.69) is 9.97 Å². The van der Waals surface area contributed by atoms with Gasteiger partial charge in [-0.15, -0.1) is 0 Å². The lowest BCUT2D eigenvalue weighted by molar-refractivity contribution is -0.158. The first-order valence-corrected chi connectivity index (χ1v) is 13.3. The normalized spacial score (nSPS) is 14.9. The van der Waals surface area contributed by atoms with Gasteiger partial charge in [0.15, 0.2) is 12.8 Å². The van der Waals surface area contributed by atoms with Crippen molar-refractivity contribution in [2.45, 2.75) is 49.4 Å². The number of imidazole rings is 1. The Morgan fingerprint density at radius 2 is 2.00 bits per heavy atom. The molecule has 1 saturated carbocycles. The summed E-state index contributed by atoms with van der Waals surface area (Å²) in [5.74, 6) is -0.327. The Morgan fingerprint density at radius 3 is 2.73 bits per heavy atom. The van der Waals surface area contributed by atoms with Gasteiger partial charge in [0.05, 0.1) is 39.9 Å². The summed E-state index contributed by atoms with van der Waals surface area (Å²) in [6.45, 7) is 1.93. The van der Waals surface area contributed by atoms with Gasteiger partial charge in [-0.3, -0.25) is 13.8 Å². The predicted octanol–water partition coefficient (Wildman–Crippen LogP) is 4.39. The SMILES string of the molecule is CCOc1c(C2CC2)ccnc1C[S@@](=O)c1nc2ccc(F)cc2n1COC(=O)[C@H](O)c1ccccc1. The summed E-state index contributed by atoms with van der Waals surface area (Å²) < 4.78 is 40.3. The van der Waals surface area contributed by atoms with Crippen LogP contribution in [0.5, 0.6) is 5.75 Å². The molecule has 1 fully saturated rings. The number of carbonyl (C=O) groups excluding carboxylic acids is 1. The van der Waals surface area contributed by atoms with Crippen LogP contribution >= 0.6 is 0 Å². The molecular formula is C27H26FN3O5S. The summed E-state index contributed by atoms with van der Waals surface area (Å²) in [6, 6.07) is 14.3. The number of aliphatic hydroxyl groups is 1. The number of benzene rings is 2. The Morgan fingerprint density at radius 1 is 1.22 bits per heavy atom. The lowest BCUT2D eigenvalue weighted by atomic mass is 10.1. The number of hydrogen-bond donors (Lipinski definition) is 1. The first-order chi connectivity index (χ1) is 18.0. The molecule has 1 aliphatic rings. The topological polar surface area (TPSA) is 104 Å². The summed E-state index contributed by atoms with van der Waals surface area (Å²) in [7, 11) is -1.73. The van der Waals surface area contributed by atoms with Crippen molar-refractivity contribution in [1.82, 2.24) is 14.5 Å². The maximum absolute atomic E-state index is 14.1. The molecule has 192 valence electrons. The average molecular weight is 524 g/mol. The molecule has 2 aromatic heterocycles. The molecule has 0 aliphatic heterocycles. The van der Waals surface area contributed by atoms with E-state index in [1.165, 1.54) is 22.8 Å². The summed E-state index contributed by atoms with van der Waals surface area (Å²) in [4.78, 5) is 21.4. The molecule has 0 bridgehead atoms. The van der Waals surface area contributed by atoms with Crippen molar-refractivity contribution in [2.75, 3.05) is 6.61 Å². The minimum absolute atomic E-state index is 0.0162. The average Bonchev–Trinajstić information content (AvgIpc) is 3.69. The van der Waals surface area contributed by atoms with Crippen LogP contribution in [-0.4, -0.2) is 36.4 Å². The highest BCUT2D eigenvalue weighted by Gasteiger charge is 2.29. The van der Waals surface area contributed by atoms with Gasteiger partial charge < -0.3 is 14.6 Å². The van der Waals surface area contributed by atoms with Gasteiger partial charge in [0.1, 0.15) is 11.6 Å². The Balaban J connectivity index is 1.43. The van der Waals surface area contributed by atoms with Crippen molar-refractivity contribution in [3.8, 4) is 5.75 Å². The Labute approximate surface area is 215 Å². The highest BCUT2D eigenvalue weighted by molar-refractivity contribution is 7.84. The molecule has 0 amide bonds. The summed E-state index contributed by atoms with van der Waals surface area (Å²) in [6.07, 6.45) is 2.35. The fourth-order valence-corrected chi connectivity index (χ4v) is 5.36. The molecule has 1 aliphatic carbocycles. The van der Waals surface area contributed by atoms with Crippen LogP contribution in [0.25, 0.3) is 11.0 Å². The van der Waals surface area contributed by atoms with E-state index in [0.717, 1.165) is 18.4 Å². The van der Waals surface area contributed by atoms with Crippen LogP contribution in [0.15, 0.2) is 66.0 Å². The number of fused-ring (bicyclic) bond motifs is 1. The number of aromatic nitrogens is 3. The standard InChI is InChI=1S/C27H26FN3O5S/c1-2-35-25-20(17-8-9-17)12-13-29-22(25)15-37(34)27-30-21-11-10-19(28)14-23(21)31(27)16-36-26(33)24(32)18-6-4-3-5-7-18/h3-7,10-14,17,24,32H,2,8-9,15-16H2,1H3/t24-,37-/m1/s1. The van der Waals surface area contributed by atoms with E-state index >= 15 is 0 Å². The van der Waals surface area contributed by atoms with E-state index in [9.17, 15) is 18.5 Å². The molecule has 1 N–H and O–H groups in total. The van der Waals surface area contributed by atoms with Crippen molar-refractivity contribution >= 4 is 27.8 Å². The van der Waals surface area contributed by atoms with Crippen LogP contribution in [0.4, 0.5) is 4.39 Å². The minimum Gasteiger partial charge on any atom is -0.492 e. The summed E-state index contributed by atoms with van der Waals surface area (Å²) in [5, 5.41) is 10.5. The molecule has 0 unspecified atom stereocenters. The van der Waals surface area contributed by atoms with E-state index in [4.69, 9.17) is 9.47 Å². The number of aliphatic hydroxyl groups excluding tert-OH is 1. The van der Waals surface area contributed by atoms with Crippen molar-refractivity contribution in [2.24, 2.45) is 0 Å². The van der Waals surface area contributed by atoms with E-state index in [1.54, 1.807) is 36.5 Å². The number of rotatable bonds is 10. The number of nitrogens with zero attached hydrogens (tertiary/aromatic N) is 3. The zero-order valence-corrected chi connectivity index (χ0v) is 21.0. The predicted molar refractivity (Wildman–Crippen MR) is 135 cm³/mol. The van der Waals surface area contributed by atoms with Crippen molar-refractivity contribution < 1.29 is 28.0 Å². The van der Waals surface area contributed by atoms with Gasteiger partial charge >= 0.3 is 5.97 Å². The maximum atomic E-state index is 14.1. The third kappa shape index (κ3) is 5.40. The van der Waals surface area contributed by atoms with Crippen LogP contribution in [0, 0.1) is 5.82 Å². The monoisotopic (exact) mass is 523 g/mol. The third-order valence-electron chi connectivity index (χ3n) is 6.14. The van der Waals surface area contributed by atoms with Gasteiger partial charge in [-0.05, 0) is 55.5 Å². The lowest BCUT2D eigenvalue weighted by Gasteiger charge is -2.15. The van der Waals surface area contributed by atoms with E-state index < -0.39 is 35.4 Å². The lowest BCUT2D eigenvalue weighted by Crippen LogP contribution is -2.19. The van der Waals surface area contributed by atoms with Gasteiger partial charge in [0.2, 0.25) is 5.16 Å². The van der Waals surface area contributed by atoms with E-state index in [1.807, 2.05) is 13.0 Å². The molecule has 2 heterocycles. The smallest absolute Gasteiger partial charge is 0.341 e. The Bertz CT molecular complexity index is 1460. The van der Waals surface area contributed by atoms with Crippen molar-refractivity contribution in [3.05, 3.63) is 83.4 Å². The Kier molecular flexibility index (Phi) is 7.29. The summed E-state index contributed by atoms with van der Waals surface area (Å²) in [5.41, 5.74) is 2.70. The molecule has 37 heavy (non-hydrogen) atoms. The number of ether oxygens (including phenoxy) is 2. The molecule has 0 spiro atoms. The molecule has 0 radical (unpaired) electrons. The Hall–Kier alpha value is -3.63. The molecule has 2 aromatic carbocycles. The van der Waals surface area contributed by atoms with Crippen LogP contribution in [0.3, 0.4) is 0 Å². The number of hydrogen-bond acceptors (Lipinski definition) is 7. The molecule has 8 nitrogen and oxygen atoms in total. The second-order valence-electron chi connectivity index (χ2n) is 8.73. The number of pyridine rings is 1. The summed E-state index contributed by atoms with van der Waals surface area (Å²) >= 11 is 0. The molecule has 4 aromatic rings. The van der Waals surface area contributed by atoms with Gasteiger partial charge in [-0.1, -0.05) is 30.3 Å². The second kappa shape index (κ2) is 10.8. The quantitative estimate of drug-likeness (QED) is 0.308. The first kappa shape index (κ1) is 25.0. The number of carbonyl (C=O) groups is 1. The maximum Gasteiger partial charge on any atom is 0.341 e. The van der Waals surface area contributed by atoms with Gasteiger partial charge in [0.25, 0.3) is 0 Å². The molecule has 10 heteroatoms. The fourth-order valence-electron chi connectivity index (χ4n) is 4.18. The van der Waals surface area contributed by atoms with Crippen molar-refractivity contribution in [3.63, 3.8) is 0 Å². The second-order valence-corrected chi connectivity index (χ2v) is 10.1. The van der Waals surface area contributed by atoms with E-state index in [0.29, 0.717) is 40.6 Å². The minimum atomic E-state index is -1.73. The zero-order chi connectivity index (χ0) is 25.9. The highest BCUT2D eigenvalue weighted by Crippen LogP contribution is 2.45. The molecular weight excluding hydrogens is 497 g/mol. The van der Waals surface area contributed by atoms with Gasteiger partial charge in [-0.2, -0.15) is 0 Å². The largest absolute Gasteiger partial charge is 0.492 e. The van der Waals surface area contributed by atoms with Gasteiger partial charge in [-0.25, -0.2) is 14.2 Å². The third-order valence-corrected chi connectivity index (χ3v) is 7.39. The number of halogens is 1. The van der Waals surface area contributed by atoms with Crippen LogP contribution in [-0.2, 0) is 32.8 Å². The van der Waals surface area contributed by atoms with E-state index in [-0.39, 0.29) is 10.9 Å². The number of esters is 1. The zero-order valence-electron chi connectivity index (χ0n) is 20.2. The highest BCUT2D eigenvalue weighted by atomic mass is 32.2. The fraction of sp³-hybridized carbons (Fsp3) is 0.296. The van der Waals surface area contributed by atoms with Crippen molar-refractivity contribution in [1.29, 1.82) is 0 Å². The van der Waals surface area contributed by atoms with Crippen LogP contribution in [0.2, 0.25) is 0 Å². The molecule has 2 atom stereocenters. The molecule has 0 saturated heterocycles. The first-order valence-electron chi connectivity index (χ1n) is 12.0. The van der Waals surface area contributed by atoms with Crippen LogP contribution in [0.1, 0.15) is 48.6 Å². The van der Waals surface area contributed by atoms with Gasteiger partial charge in [0, 0.05) is 11.8 Å². The van der Waals surface area contributed by atoms with Crippen LogP contribution < -0.4 is 4.74 Å². The molecule has 5 rings (SSSR count).